The lowest BCUT2D eigenvalue weighted by Crippen LogP contribution is -2.63. The molecule has 4 rings (SSSR count). The fourth-order valence-corrected chi connectivity index (χ4v) is 8.34. The van der Waals surface area contributed by atoms with Gasteiger partial charge in [-0.1, -0.05) is 39.3 Å². The molecule has 0 aromatic rings. The number of carbonyl (C=O) groups excluding carboxylic acids is 4. The average molecular weight is 528 g/mol. The van der Waals surface area contributed by atoms with E-state index in [2.05, 4.69) is 13.8 Å². The first-order valence-corrected chi connectivity index (χ1v) is 13.7. The maximum absolute atomic E-state index is 13.8. The predicted molar refractivity (Wildman–Crippen MR) is 140 cm³/mol. The maximum atomic E-state index is 13.8. The second-order valence-electron chi connectivity index (χ2n) is 12.2. The lowest BCUT2D eigenvalue weighted by atomic mass is 9.44. The van der Waals surface area contributed by atoms with Gasteiger partial charge in [-0.15, -0.1) is 0 Å². The maximum Gasteiger partial charge on any atom is 0.336 e. The second kappa shape index (κ2) is 9.78. The van der Waals surface area contributed by atoms with Crippen LogP contribution < -0.4 is 5.73 Å². The van der Waals surface area contributed by atoms with E-state index in [1.54, 1.807) is 19.1 Å². The quantitative estimate of drug-likeness (QED) is 0.396. The van der Waals surface area contributed by atoms with Gasteiger partial charge < -0.3 is 20.3 Å². The van der Waals surface area contributed by atoms with E-state index < -0.39 is 46.9 Å². The number of ketones is 2. The molecule has 0 radical (unpaired) electrons. The molecule has 0 amide bonds. The molecule has 0 bridgehead atoms. The Morgan fingerprint density at radius 1 is 1.21 bits per heavy atom. The molecule has 4 aliphatic rings. The number of hydrogen-bond acceptors (Lipinski definition) is 8. The van der Waals surface area contributed by atoms with Gasteiger partial charge in [-0.3, -0.25) is 14.4 Å². The molecule has 0 aromatic heterocycles. The van der Waals surface area contributed by atoms with Gasteiger partial charge in [0.15, 0.2) is 18.0 Å². The van der Waals surface area contributed by atoms with E-state index >= 15 is 0 Å². The fraction of sp³-hybridized carbons (Fsp3) is 0.667. The molecular weight excluding hydrogens is 486 g/mol. The molecule has 3 fully saturated rings. The molecule has 38 heavy (non-hydrogen) atoms. The molecule has 0 saturated heterocycles. The van der Waals surface area contributed by atoms with Gasteiger partial charge in [-0.2, -0.15) is 0 Å². The zero-order chi connectivity index (χ0) is 28.2. The Balaban J connectivity index is 1.78. The van der Waals surface area contributed by atoms with E-state index in [1.807, 2.05) is 19.9 Å². The highest BCUT2D eigenvalue weighted by molar-refractivity contribution is 6.01. The minimum absolute atomic E-state index is 0.0235. The van der Waals surface area contributed by atoms with Crippen molar-refractivity contribution in [2.24, 2.45) is 40.2 Å². The molecule has 4 aliphatic carbocycles. The summed E-state index contributed by atoms with van der Waals surface area (Å²) in [5, 5.41) is 11.8. The van der Waals surface area contributed by atoms with Gasteiger partial charge in [-0.25, -0.2) is 4.79 Å². The molecule has 3 saturated carbocycles. The van der Waals surface area contributed by atoms with Crippen molar-refractivity contribution in [2.75, 3.05) is 6.61 Å². The lowest BCUT2D eigenvalue weighted by molar-refractivity contribution is -0.199. The predicted octanol–water partition coefficient (Wildman–Crippen LogP) is 3.57. The Morgan fingerprint density at radius 3 is 2.53 bits per heavy atom. The van der Waals surface area contributed by atoms with Gasteiger partial charge in [0.2, 0.25) is 5.78 Å². The minimum Gasteiger partial charge on any atom is -0.458 e. The molecular formula is C30H41NO7. The number of ether oxygens (including phenoxy) is 2. The summed E-state index contributed by atoms with van der Waals surface area (Å²) >= 11 is 0. The number of rotatable bonds is 6. The largest absolute Gasteiger partial charge is 0.458 e. The second-order valence-corrected chi connectivity index (χ2v) is 12.2. The van der Waals surface area contributed by atoms with Crippen LogP contribution in [0.4, 0.5) is 0 Å². The number of allylic oxidation sites excluding steroid dienone is 5. The first-order valence-electron chi connectivity index (χ1n) is 13.7. The van der Waals surface area contributed by atoms with Gasteiger partial charge >= 0.3 is 11.9 Å². The number of carbonyl (C=O) groups is 4. The van der Waals surface area contributed by atoms with Gasteiger partial charge in [0.25, 0.3) is 0 Å². The molecule has 0 heterocycles. The van der Waals surface area contributed by atoms with Gasteiger partial charge in [0.05, 0.1) is 11.7 Å². The summed E-state index contributed by atoms with van der Waals surface area (Å²) in [5.74, 6) is -1.77. The van der Waals surface area contributed by atoms with Crippen LogP contribution in [0.1, 0.15) is 73.6 Å². The van der Waals surface area contributed by atoms with Crippen molar-refractivity contribution < 1.29 is 33.8 Å². The molecule has 8 nitrogen and oxygen atoms in total. The monoisotopic (exact) mass is 527 g/mol. The Kier molecular flexibility index (Phi) is 7.27. The van der Waals surface area contributed by atoms with Gasteiger partial charge in [0, 0.05) is 29.4 Å². The van der Waals surface area contributed by atoms with Crippen molar-refractivity contribution in [1.29, 1.82) is 0 Å². The van der Waals surface area contributed by atoms with Crippen LogP contribution in [0.15, 0.2) is 35.1 Å². The van der Waals surface area contributed by atoms with E-state index in [4.69, 9.17) is 15.2 Å². The van der Waals surface area contributed by atoms with Crippen molar-refractivity contribution in [2.45, 2.75) is 85.4 Å². The molecule has 8 heteroatoms. The van der Waals surface area contributed by atoms with Crippen LogP contribution in [0.25, 0.3) is 0 Å². The Labute approximate surface area is 224 Å². The van der Waals surface area contributed by atoms with Crippen molar-refractivity contribution in [3.05, 3.63) is 35.1 Å². The van der Waals surface area contributed by atoms with E-state index in [0.29, 0.717) is 18.5 Å². The summed E-state index contributed by atoms with van der Waals surface area (Å²) in [6.07, 6.45) is 6.82. The molecule has 0 spiro atoms. The van der Waals surface area contributed by atoms with Crippen LogP contribution in [0.5, 0.6) is 0 Å². The smallest absolute Gasteiger partial charge is 0.336 e. The van der Waals surface area contributed by atoms with Crippen LogP contribution in [0, 0.1) is 34.5 Å². The summed E-state index contributed by atoms with van der Waals surface area (Å²) in [6.45, 7) is 10.3. The number of nitrogens with two attached hydrogens (primary N) is 1. The minimum atomic E-state index is -1.57. The summed E-state index contributed by atoms with van der Waals surface area (Å²) in [6, 6.07) is 0. The Morgan fingerprint density at radius 2 is 1.89 bits per heavy atom. The summed E-state index contributed by atoms with van der Waals surface area (Å²) in [7, 11) is 0. The Hall–Kier alpha value is -2.74. The number of aliphatic hydroxyl groups excluding tert-OH is 1. The van der Waals surface area contributed by atoms with Gasteiger partial charge in [-0.05, 0) is 68.9 Å². The number of hydrogen-bond donors (Lipinski definition) is 2. The first-order chi connectivity index (χ1) is 17.7. The molecule has 0 aromatic carbocycles. The average Bonchev–Trinajstić information content (AvgIpc) is 3.14. The Bertz CT molecular complexity index is 1150. The zero-order valence-electron chi connectivity index (χ0n) is 23.3. The van der Waals surface area contributed by atoms with Crippen LogP contribution in [0.2, 0.25) is 0 Å². The standard InChI is InChI=1S/C30H41NO7/c1-7-23(31)17(3)27(36)38-30(25(35)15-37-18(4)32)11-9-21-20-12-16(2)22-13-19(33)8-10-28(22,5)26(20)24(34)14-29(21,30)6/h8,10,13,16,20-21,24,26,34H,7,9,11-12,14-15,31H2,1-6H3/b23-17+/t16-,20-,21-,24-,26+,28-,29-,30-/m0/s1. The van der Waals surface area contributed by atoms with Crippen LogP contribution in [0.3, 0.4) is 0 Å². The summed E-state index contributed by atoms with van der Waals surface area (Å²) in [4.78, 5) is 51.0. The molecule has 0 unspecified atom stereocenters. The summed E-state index contributed by atoms with van der Waals surface area (Å²) < 4.78 is 11.2. The molecule has 3 N–H and O–H groups in total. The highest BCUT2D eigenvalue weighted by Crippen LogP contribution is 2.68. The third-order valence-corrected chi connectivity index (χ3v) is 10.2. The normalized spacial score (nSPS) is 40.2. The molecule has 0 aliphatic heterocycles. The fourth-order valence-electron chi connectivity index (χ4n) is 8.34. The van der Waals surface area contributed by atoms with Gasteiger partial charge in [0.1, 0.15) is 0 Å². The number of aliphatic hydroxyl groups is 1. The third kappa shape index (κ3) is 4.16. The van der Waals surface area contributed by atoms with E-state index in [0.717, 1.165) is 12.0 Å². The SMILES string of the molecule is CC/C(N)=C(/C)C(=O)O[C@]1(C(=O)COC(C)=O)CC[C@H]2[C@@H]3C[C@H](C)C4=CC(=O)C=C[C@]4(C)[C@H]3[C@@H](O)C[C@@]21C. The highest BCUT2D eigenvalue weighted by Gasteiger charge is 2.71. The van der Waals surface area contributed by atoms with Crippen molar-refractivity contribution >= 4 is 23.5 Å². The van der Waals surface area contributed by atoms with Crippen LogP contribution in [-0.4, -0.2) is 46.9 Å². The lowest BCUT2D eigenvalue weighted by Gasteiger charge is -2.61. The van der Waals surface area contributed by atoms with Crippen LogP contribution >= 0.6 is 0 Å². The van der Waals surface area contributed by atoms with Crippen molar-refractivity contribution in [3.8, 4) is 0 Å². The molecule has 208 valence electrons. The zero-order valence-corrected chi connectivity index (χ0v) is 23.3. The number of esters is 2. The highest BCUT2D eigenvalue weighted by atomic mass is 16.6. The number of Topliss-reactive ketones (excluding diaryl/α,β-unsaturated/α-hetero) is 1. The first kappa shape index (κ1) is 28.3. The van der Waals surface area contributed by atoms with E-state index in [-0.39, 0.29) is 47.9 Å². The van der Waals surface area contributed by atoms with Crippen molar-refractivity contribution in [3.63, 3.8) is 0 Å². The van der Waals surface area contributed by atoms with E-state index in [9.17, 15) is 24.3 Å². The third-order valence-electron chi connectivity index (χ3n) is 10.2. The van der Waals surface area contributed by atoms with Crippen molar-refractivity contribution in [1.82, 2.24) is 0 Å². The van der Waals surface area contributed by atoms with E-state index in [1.165, 1.54) is 6.92 Å². The number of fused-ring (bicyclic) bond motifs is 5. The van der Waals surface area contributed by atoms with Crippen LogP contribution in [-0.2, 0) is 28.7 Å². The topological polar surface area (TPSA) is 133 Å². The molecule has 8 atom stereocenters. The summed E-state index contributed by atoms with van der Waals surface area (Å²) in [5.41, 5.74) is 4.79.